The Morgan fingerprint density at radius 2 is 1.88 bits per heavy atom. The van der Waals surface area contributed by atoms with Crippen LogP contribution in [0.5, 0.6) is 0 Å². The Kier molecular flexibility index (Phi) is 4.72. The SMILES string of the molecule is CNC1CCCCCC1c1cccc(Cl)c1Cl. The lowest BCUT2D eigenvalue weighted by atomic mass is 9.87. The van der Waals surface area contributed by atoms with Crippen LogP contribution in [0.2, 0.25) is 10.0 Å². The molecule has 0 aliphatic heterocycles. The van der Waals surface area contributed by atoms with Crippen LogP contribution >= 0.6 is 23.2 Å². The molecule has 1 aromatic carbocycles. The van der Waals surface area contributed by atoms with E-state index in [0.29, 0.717) is 17.0 Å². The fraction of sp³-hybridized carbons (Fsp3) is 0.571. The molecule has 1 aromatic rings. The minimum Gasteiger partial charge on any atom is -0.316 e. The molecule has 0 heterocycles. The summed E-state index contributed by atoms with van der Waals surface area (Å²) < 4.78 is 0. The molecule has 0 bridgehead atoms. The predicted molar refractivity (Wildman–Crippen MR) is 75.1 cm³/mol. The summed E-state index contributed by atoms with van der Waals surface area (Å²) in [6.07, 6.45) is 6.34. The van der Waals surface area contributed by atoms with Gasteiger partial charge in [0.2, 0.25) is 0 Å². The van der Waals surface area contributed by atoms with Crippen molar-refractivity contribution < 1.29 is 0 Å². The van der Waals surface area contributed by atoms with E-state index in [1.54, 1.807) is 0 Å². The van der Waals surface area contributed by atoms with Gasteiger partial charge in [0.05, 0.1) is 10.0 Å². The highest BCUT2D eigenvalue weighted by Gasteiger charge is 2.25. The summed E-state index contributed by atoms with van der Waals surface area (Å²) >= 11 is 12.5. The first-order chi connectivity index (χ1) is 8.24. The first kappa shape index (κ1) is 13.2. The van der Waals surface area contributed by atoms with Gasteiger partial charge < -0.3 is 5.32 Å². The summed E-state index contributed by atoms with van der Waals surface area (Å²) in [5.74, 6) is 0.494. The second kappa shape index (κ2) is 6.08. The van der Waals surface area contributed by atoms with Crippen molar-refractivity contribution in [2.75, 3.05) is 7.05 Å². The fourth-order valence-electron chi connectivity index (χ4n) is 2.83. The molecular weight excluding hydrogens is 253 g/mol. The van der Waals surface area contributed by atoms with Crippen molar-refractivity contribution in [3.8, 4) is 0 Å². The van der Waals surface area contributed by atoms with Crippen LogP contribution in [0.15, 0.2) is 18.2 Å². The zero-order valence-corrected chi connectivity index (χ0v) is 11.7. The second-order valence-corrected chi connectivity index (χ2v) is 5.57. The lowest BCUT2D eigenvalue weighted by Gasteiger charge is -2.26. The average molecular weight is 272 g/mol. The third-order valence-corrected chi connectivity index (χ3v) is 4.60. The minimum atomic E-state index is 0.494. The Balaban J connectivity index is 2.31. The fourth-order valence-corrected chi connectivity index (χ4v) is 3.28. The van der Waals surface area contributed by atoms with Gasteiger partial charge in [-0.05, 0) is 31.5 Å². The van der Waals surface area contributed by atoms with Crippen molar-refractivity contribution in [2.24, 2.45) is 0 Å². The van der Waals surface area contributed by atoms with Crippen LogP contribution in [0, 0.1) is 0 Å². The van der Waals surface area contributed by atoms with Crippen LogP contribution in [0.3, 0.4) is 0 Å². The van der Waals surface area contributed by atoms with Gasteiger partial charge in [-0.15, -0.1) is 0 Å². The molecular formula is C14H19Cl2N. The Hall–Kier alpha value is -0.240. The highest BCUT2D eigenvalue weighted by molar-refractivity contribution is 6.42. The number of benzene rings is 1. The van der Waals surface area contributed by atoms with Crippen molar-refractivity contribution in [3.63, 3.8) is 0 Å². The number of nitrogens with one attached hydrogen (secondary N) is 1. The van der Waals surface area contributed by atoms with E-state index >= 15 is 0 Å². The molecule has 1 nitrogen and oxygen atoms in total. The summed E-state index contributed by atoms with van der Waals surface area (Å²) in [6.45, 7) is 0. The number of halogens is 2. The standard InChI is InChI=1S/C14H19Cl2N/c1-17-13-9-4-2-3-6-10(13)11-7-5-8-12(15)14(11)16/h5,7-8,10,13,17H,2-4,6,9H2,1H3. The summed E-state index contributed by atoms with van der Waals surface area (Å²) in [6, 6.07) is 6.50. The van der Waals surface area contributed by atoms with Crippen LogP contribution in [0.4, 0.5) is 0 Å². The van der Waals surface area contributed by atoms with E-state index in [2.05, 4.69) is 11.4 Å². The van der Waals surface area contributed by atoms with E-state index in [1.165, 1.54) is 37.7 Å². The maximum Gasteiger partial charge on any atom is 0.0627 e. The molecule has 2 rings (SSSR count). The van der Waals surface area contributed by atoms with E-state index in [4.69, 9.17) is 23.2 Å². The third kappa shape index (κ3) is 2.96. The largest absolute Gasteiger partial charge is 0.316 e. The Morgan fingerprint density at radius 1 is 1.12 bits per heavy atom. The van der Waals surface area contributed by atoms with Gasteiger partial charge in [-0.1, -0.05) is 54.6 Å². The van der Waals surface area contributed by atoms with Gasteiger partial charge in [0.1, 0.15) is 0 Å². The van der Waals surface area contributed by atoms with E-state index in [0.717, 1.165) is 5.02 Å². The van der Waals surface area contributed by atoms with Gasteiger partial charge in [0.25, 0.3) is 0 Å². The topological polar surface area (TPSA) is 12.0 Å². The molecule has 2 unspecified atom stereocenters. The van der Waals surface area contributed by atoms with Gasteiger partial charge in [0, 0.05) is 12.0 Å². The third-order valence-electron chi connectivity index (χ3n) is 3.77. The molecule has 1 saturated carbocycles. The zero-order valence-electron chi connectivity index (χ0n) is 10.2. The van der Waals surface area contributed by atoms with E-state index in [-0.39, 0.29) is 0 Å². The first-order valence-corrected chi connectivity index (χ1v) is 7.11. The molecule has 94 valence electrons. The molecule has 1 fully saturated rings. The van der Waals surface area contributed by atoms with Gasteiger partial charge >= 0.3 is 0 Å². The molecule has 0 saturated heterocycles. The van der Waals surface area contributed by atoms with Gasteiger partial charge in [0.15, 0.2) is 0 Å². The van der Waals surface area contributed by atoms with Crippen molar-refractivity contribution in [2.45, 2.75) is 44.1 Å². The monoisotopic (exact) mass is 271 g/mol. The van der Waals surface area contributed by atoms with Gasteiger partial charge in [-0.25, -0.2) is 0 Å². The second-order valence-electron chi connectivity index (χ2n) is 4.78. The number of rotatable bonds is 2. The van der Waals surface area contributed by atoms with Crippen molar-refractivity contribution in [3.05, 3.63) is 33.8 Å². The summed E-state index contributed by atoms with van der Waals surface area (Å²) in [7, 11) is 2.04. The molecule has 17 heavy (non-hydrogen) atoms. The molecule has 1 N–H and O–H groups in total. The zero-order chi connectivity index (χ0) is 12.3. The normalized spacial score (nSPS) is 25.6. The maximum absolute atomic E-state index is 6.34. The van der Waals surface area contributed by atoms with Crippen LogP contribution in [0.1, 0.15) is 43.6 Å². The highest BCUT2D eigenvalue weighted by atomic mass is 35.5. The molecule has 1 aliphatic carbocycles. The maximum atomic E-state index is 6.34. The number of likely N-dealkylation sites (N-methyl/N-ethyl adjacent to an activating group) is 1. The summed E-state index contributed by atoms with van der Waals surface area (Å²) in [5.41, 5.74) is 1.21. The molecule has 0 amide bonds. The van der Waals surface area contributed by atoms with E-state index in [1.807, 2.05) is 19.2 Å². The molecule has 3 heteroatoms. The highest BCUT2D eigenvalue weighted by Crippen LogP contribution is 2.38. The van der Waals surface area contributed by atoms with Crippen LogP contribution in [0.25, 0.3) is 0 Å². The van der Waals surface area contributed by atoms with E-state index in [9.17, 15) is 0 Å². The van der Waals surface area contributed by atoms with Crippen LogP contribution in [-0.4, -0.2) is 13.1 Å². The van der Waals surface area contributed by atoms with Crippen LogP contribution < -0.4 is 5.32 Å². The number of hydrogen-bond donors (Lipinski definition) is 1. The Labute approximate surface area is 114 Å². The lowest BCUT2D eigenvalue weighted by Crippen LogP contribution is -2.31. The summed E-state index contributed by atoms with van der Waals surface area (Å²) in [4.78, 5) is 0. The molecule has 0 aromatic heterocycles. The minimum absolute atomic E-state index is 0.494. The molecule has 2 atom stereocenters. The predicted octanol–water partition coefficient (Wildman–Crippen LogP) is 4.63. The van der Waals surface area contributed by atoms with Gasteiger partial charge in [-0.3, -0.25) is 0 Å². The molecule has 0 spiro atoms. The number of hydrogen-bond acceptors (Lipinski definition) is 1. The molecule has 1 aliphatic rings. The quantitative estimate of drug-likeness (QED) is 0.774. The summed E-state index contributed by atoms with van der Waals surface area (Å²) in [5, 5.41) is 4.84. The van der Waals surface area contributed by atoms with Crippen molar-refractivity contribution >= 4 is 23.2 Å². The van der Waals surface area contributed by atoms with Gasteiger partial charge in [-0.2, -0.15) is 0 Å². The van der Waals surface area contributed by atoms with Crippen LogP contribution in [-0.2, 0) is 0 Å². The van der Waals surface area contributed by atoms with E-state index < -0.39 is 0 Å². The molecule has 0 radical (unpaired) electrons. The Morgan fingerprint density at radius 3 is 2.65 bits per heavy atom. The van der Waals surface area contributed by atoms with Crippen molar-refractivity contribution in [1.29, 1.82) is 0 Å². The Bertz CT molecular complexity index is 378. The van der Waals surface area contributed by atoms with Crippen molar-refractivity contribution in [1.82, 2.24) is 5.32 Å². The lowest BCUT2D eigenvalue weighted by molar-refractivity contribution is 0.439. The smallest absolute Gasteiger partial charge is 0.0627 e. The first-order valence-electron chi connectivity index (χ1n) is 6.35. The average Bonchev–Trinajstić information content (AvgIpc) is 2.57.